The van der Waals surface area contributed by atoms with E-state index in [1.165, 1.54) is 22.9 Å². The van der Waals surface area contributed by atoms with E-state index in [9.17, 15) is 4.79 Å². The number of hydrogen-bond acceptors (Lipinski definition) is 4. The standard InChI is InChI=1S/C25H30N4OS/c1-25(2,3)21-13-11-20(12-14-21)23-26-27-24(29(23)17-19-9-5-4-6-10-19)31-18-22(30)28-15-7-8-16-28/h4-6,9-14H,7-8,15-18H2,1-3H3. The number of benzene rings is 2. The highest BCUT2D eigenvalue weighted by molar-refractivity contribution is 7.99. The Morgan fingerprint density at radius 1 is 0.968 bits per heavy atom. The summed E-state index contributed by atoms with van der Waals surface area (Å²) in [7, 11) is 0. The monoisotopic (exact) mass is 434 g/mol. The van der Waals surface area contributed by atoms with Crippen molar-refractivity contribution in [1.29, 1.82) is 0 Å². The lowest BCUT2D eigenvalue weighted by atomic mass is 9.87. The van der Waals surface area contributed by atoms with E-state index >= 15 is 0 Å². The van der Waals surface area contributed by atoms with E-state index < -0.39 is 0 Å². The Morgan fingerprint density at radius 3 is 2.29 bits per heavy atom. The fourth-order valence-corrected chi connectivity index (χ4v) is 4.66. The molecule has 2 aromatic carbocycles. The summed E-state index contributed by atoms with van der Waals surface area (Å²) in [4.78, 5) is 14.5. The summed E-state index contributed by atoms with van der Waals surface area (Å²) >= 11 is 1.48. The van der Waals surface area contributed by atoms with Gasteiger partial charge in [-0.05, 0) is 29.4 Å². The zero-order valence-corrected chi connectivity index (χ0v) is 19.4. The van der Waals surface area contributed by atoms with Gasteiger partial charge in [0.25, 0.3) is 0 Å². The van der Waals surface area contributed by atoms with Crippen molar-refractivity contribution >= 4 is 17.7 Å². The molecular formula is C25H30N4OS. The average Bonchev–Trinajstić information content (AvgIpc) is 3.43. The summed E-state index contributed by atoms with van der Waals surface area (Å²) in [6.45, 7) is 9.07. The molecule has 0 spiro atoms. The summed E-state index contributed by atoms with van der Waals surface area (Å²) in [5.41, 5.74) is 3.61. The molecule has 2 heterocycles. The van der Waals surface area contributed by atoms with E-state index in [2.05, 4.69) is 71.9 Å². The van der Waals surface area contributed by atoms with Crippen LogP contribution in [0.25, 0.3) is 11.4 Å². The first-order chi connectivity index (χ1) is 14.9. The van der Waals surface area contributed by atoms with Gasteiger partial charge in [0.1, 0.15) is 0 Å². The van der Waals surface area contributed by atoms with Gasteiger partial charge in [-0.15, -0.1) is 10.2 Å². The number of carbonyl (C=O) groups is 1. The fraction of sp³-hybridized carbons (Fsp3) is 0.400. The van der Waals surface area contributed by atoms with Crippen molar-refractivity contribution in [2.75, 3.05) is 18.8 Å². The lowest BCUT2D eigenvalue weighted by Gasteiger charge is -2.19. The topological polar surface area (TPSA) is 51.0 Å². The van der Waals surface area contributed by atoms with Gasteiger partial charge in [0.05, 0.1) is 12.3 Å². The normalized spacial score (nSPS) is 14.2. The summed E-state index contributed by atoms with van der Waals surface area (Å²) in [6.07, 6.45) is 2.21. The van der Waals surface area contributed by atoms with Crippen LogP contribution in [0.2, 0.25) is 0 Å². The molecule has 5 nitrogen and oxygen atoms in total. The molecule has 0 aliphatic carbocycles. The Labute approximate surface area is 188 Å². The minimum Gasteiger partial charge on any atom is -0.342 e. The highest BCUT2D eigenvalue weighted by atomic mass is 32.2. The quantitative estimate of drug-likeness (QED) is 0.512. The molecule has 1 aliphatic heterocycles. The van der Waals surface area contributed by atoms with Gasteiger partial charge in [0.2, 0.25) is 5.91 Å². The number of hydrogen-bond donors (Lipinski definition) is 0. The Kier molecular flexibility index (Phi) is 6.46. The zero-order chi connectivity index (χ0) is 21.8. The molecule has 31 heavy (non-hydrogen) atoms. The van der Waals surface area contributed by atoms with Crippen LogP contribution in [0.1, 0.15) is 44.7 Å². The molecular weight excluding hydrogens is 404 g/mol. The predicted octanol–water partition coefficient (Wildman–Crippen LogP) is 5.01. The molecule has 1 amide bonds. The van der Waals surface area contributed by atoms with Crippen molar-refractivity contribution in [3.05, 3.63) is 65.7 Å². The third-order valence-corrected chi connectivity index (χ3v) is 6.64. The van der Waals surface area contributed by atoms with Crippen LogP contribution in [0.4, 0.5) is 0 Å². The number of rotatable bonds is 6. The molecule has 0 radical (unpaired) electrons. The lowest BCUT2D eigenvalue weighted by molar-refractivity contribution is -0.127. The fourth-order valence-electron chi connectivity index (χ4n) is 3.82. The Balaban J connectivity index is 1.61. The second kappa shape index (κ2) is 9.27. The predicted molar refractivity (Wildman–Crippen MR) is 126 cm³/mol. The van der Waals surface area contributed by atoms with Gasteiger partial charge in [-0.2, -0.15) is 0 Å². The van der Waals surface area contributed by atoms with E-state index in [1.807, 2.05) is 23.1 Å². The number of aromatic nitrogens is 3. The van der Waals surface area contributed by atoms with Crippen LogP contribution in [0, 0.1) is 0 Å². The van der Waals surface area contributed by atoms with Crippen molar-refractivity contribution in [2.45, 2.75) is 50.7 Å². The van der Waals surface area contributed by atoms with Gasteiger partial charge in [0.15, 0.2) is 11.0 Å². The molecule has 0 bridgehead atoms. The molecule has 3 aromatic rings. The van der Waals surface area contributed by atoms with Crippen molar-refractivity contribution in [2.24, 2.45) is 0 Å². The summed E-state index contributed by atoms with van der Waals surface area (Å²) < 4.78 is 2.13. The third kappa shape index (κ3) is 5.18. The van der Waals surface area contributed by atoms with Crippen molar-refractivity contribution in [3.63, 3.8) is 0 Å². The second-order valence-corrected chi connectivity index (χ2v) is 10.0. The molecule has 1 aromatic heterocycles. The van der Waals surface area contributed by atoms with E-state index in [1.54, 1.807) is 0 Å². The van der Waals surface area contributed by atoms with Gasteiger partial charge >= 0.3 is 0 Å². The maximum atomic E-state index is 12.5. The summed E-state index contributed by atoms with van der Waals surface area (Å²) in [5, 5.41) is 9.76. The zero-order valence-electron chi connectivity index (χ0n) is 18.5. The van der Waals surface area contributed by atoms with E-state index in [0.717, 1.165) is 42.5 Å². The number of likely N-dealkylation sites (tertiary alicyclic amines) is 1. The maximum Gasteiger partial charge on any atom is 0.233 e. The highest BCUT2D eigenvalue weighted by Crippen LogP contribution is 2.28. The minimum absolute atomic E-state index is 0.104. The van der Waals surface area contributed by atoms with Crippen molar-refractivity contribution in [3.8, 4) is 11.4 Å². The summed E-state index contributed by atoms with van der Waals surface area (Å²) in [6, 6.07) is 18.9. The Hall–Kier alpha value is -2.60. The molecule has 0 N–H and O–H groups in total. The molecule has 0 saturated carbocycles. The van der Waals surface area contributed by atoms with Crippen LogP contribution >= 0.6 is 11.8 Å². The van der Waals surface area contributed by atoms with Crippen LogP contribution in [0.15, 0.2) is 59.8 Å². The minimum atomic E-state index is 0.104. The largest absolute Gasteiger partial charge is 0.342 e. The first-order valence-electron chi connectivity index (χ1n) is 10.9. The molecule has 0 unspecified atom stereocenters. The Morgan fingerprint density at radius 2 is 1.65 bits per heavy atom. The van der Waals surface area contributed by atoms with Crippen molar-refractivity contribution < 1.29 is 4.79 Å². The van der Waals surface area contributed by atoms with E-state index in [-0.39, 0.29) is 11.3 Å². The molecule has 1 aliphatic rings. The number of nitrogens with zero attached hydrogens (tertiary/aromatic N) is 4. The van der Waals surface area contributed by atoms with Crippen molar-refractivity contribution in [1.82, 2.24) is 19.7 Å². The van der Waals surface area contributed by atoms with Crippen LogP contribution in [-0.4, -0.2) is 44.4 Å². The molecule has 0 atom stereocenters. The highest BCUT2D eigenvalue weighted by Gasteiger charge is 2.21. The summed E-state index contributed by atoms with van der Waals surface area (Å²) in [5.74, 6) is 1.42. The van der Waals surface area contributed by atoms with Gasteiger partial charge in [0, 0.05) is 18.7 Å². The average molecular weight is 435 g/mol. The molecule has 1 fully saturated rings. The molecule has 1 saturated heterocycles. The number of thioether (sulfide) groups is 1. The first kappa shape index (κ1) is 21.6. The molecule has 4 rings (SSSR count). The van der Waals surface area contributed by atoms with E-state index in [0.29, 0.717) is 12.3 Å². The third-order valence-electron chi connectivity index (χ3n) is 5.69. The van der Waals surface area contributed by atoms with Gasteiger partial charge in [-0.25, -0.2) is 0 Å². The Bertz CT molecular complexity index is 1020. The molecule has 162 valence electrons. The SMILES string of the molecule is CC(C)(C)c1ccc(-c2nnc(SCC(=O)N3CCCC3)n2Cc2ccccc2)cc1. The first-order valence-corrected chi connectivity index (χ1v) is 11.9. The second-order valence-electron chi connectivity index (χ2n) is 9.08. The van der Waals surface area contributed by atoms with Crippen LogP contribution in [0.3, 0.4) is 0 Å². The number of amides is 1. The lowest BCUT2D eigenvalue weighted by Crippen LogP contribution is -2.29. The van der Waals surface area contributed by atoms with E-state index in [4.69, 9.17) is 0 Å². The smallest absolute Gasteiger partial charge is 0.233 e. The van der Waals surface area contributed by atoms with Crippen LogP contribution < -0.4 is 0 Å². The van der Waals surface area contributed by atoms with Gasteiger partial charge in [-0.3, -0.25) is 9.36 Å². The van der Waals surface area contributed by atoms with Gasteiger partial charge in [-0.1, -0.05) is 87.1 Å². The number of carbonyl (C=O) groups excluding carboxylic acids is 1. The maximum absolute atomic E-state index is 12.5. The molecule has 6 heteroatoms. The van der Waals surface area contributed by atoms with Crippen LogP contribution in [0.5, 0.6) is 0 Å². The van der Waals surface area contributed by atoms with Crippen LogP contribution in [-0.2, 0) is 16.8 Å². The van der Waals surface area contributed by atoms with Gasteiger partial charge < -0.3 is 4.90 Å².